The van der Waals surface area contributed by atoms with E-state index in [9.17, 15) is 0 Å². The lowest BCUT2D eigenvalue weighted by Crippen LogP contribution is -2.11. The number of methoxy groups -OCH3 is 1. The zero-order valence-corrected chi connectivity index (χ0v) is 12.4. The van der Waals surface area contributed by atoms with E-state index in [-0.39, 0.29) is 0 Å². The monoisotopic (exact) mass is 291 g/mol. The topological polar surface area (TPSA) is 30.5 Å². The molecule has 3 nitrogen and oxygen atoms in total. The molecule has 0 amide bonds. The highest BCUT2D eigenvalue weighted by molar-refractivity contribution is 6.32. The zero-order chi connectivity index (χ0) is 14.4. The van der Waals surface area contributed by atoms with Crippen molar-refractivity contribution in [3.8, 4) is 17.2 Å². The Balaban J connectivity index is 2.08. The van der Waals surface area contributed by atoms with E-state index in [4.69, 9.17) is 21.1 Å². The number of halogens is 1. The second-order valence-corrected chi connectivity index (χ2v) is 4.73. The summed E-state index contributed by atoms with van der Waals surface area (Å²) < 4.78 is 10.9. The fourth-order valence-corrected chi connectivity index (χ4v) is 2.02. The van der Waals surface area contributed by atoms with Crippen LogP contribution in [0.4, 0.5) is 0 Å². The van der Waals surface area contributed by atoms with E-state index in [1.54, 1.807) is 7.11 Å². The summed E-state index contributed by atoms with van der Waals surface area (Å²) in [7, 11) is 1.63. The third-order valence-electron chi connectivity index (χ3n) is 2.86. The van der Waals surface area contributed by atoms with Crippen molar-refractivity contribution in [1.29, 1.82) is 0 Å². The summed E-state index contributed by atoms with van der Waals surface area (Å²) in [6.45, 7) is 3.81. The van der Waals surface area contributed by atoms with Gasteiger partial charge in [0.25, 0.3) is 0 Å². The quantitative estimate of drug-likeness (QED) is 0.863. The van der Waals surface area contributed by atoms with Crippen molar-refractivity contribution in [2.75, 3.05) is 13.7 Å². The number of nitrogens with one attached hydrogen (secondary N) is 1. The fraction of sp³-hybridized carbons (Fsp3) is 0.250. The molecular formula is C16H18ClNO2. The number of hydrogen-bond acceptors (Lipinski definition) is 3. The van der Waals surface area contributed by atoms with Crippen molar-refractivity contribution < 1.29 is 9.47 Å². The van der Waals surface area contributed by atoms with E-state index >= 15 is 0 Å². The number of rotatable bonds is 6. The molecule has 106 valence electrons. The van der Waals surface area contributed by atoms with E-state index in [1.807, 2.05) is 42.5 Å². The first-order chi connectivity index (χ1) is 9.72. The molecule has 0 radical (unpaired) electrons. The van der Waals surface area contributed by atoms with E-state index in [2.05, 4.69) is 12.2 Å². The van der Waals surface area contributed by atoms with E-state index < -0.39 is 0 Å². The lowest BCUT2D eigenvalue weighted by Gasteiger charge is -2.10. The first kappa shape index (κ1) is 14.7. The lowest BCUT2D eigenvalue weighted by atomic mass is 10.2. The molecule has 0 aromatic heterocycles. The largest absolute Gasteiger partial charge is 0.497 e. The average molecular weight is 292 g/mol. The van der Waals surface area contributed by atoms with Crippen molar-refractivity contribution in [2.45, 2.75) is 13.5 Å². The summed E-state index contributed by atoms with van der Waals surface area (Å²) >= 11 is 6.24. The van der Waals surface area contributed by atoms with Gasteiger partial charge in [-0.25, -0.2) is 0 Å². The van der Waals surface area contributed by atoms with Crippen LogP contribution in [0, 0.1) is 0 Å². The summed E-state index contributed by atoms with van der Waals surface area (Å²) in [6.07, 6.45) is 0. The Morgan fingerprint density at radius 3 is 2.35 bits per heavy atom. The van der Waals surface area contributed by atoms with Gasteiger partial charge in [-0.15, -0.1) is 0 Å². The van der Waals surface area contributed by atoms with Crippen LogP contribution < -0.4 is 14.8 Å². The van der Waals surface area contributed by atoms with Crippen molar-refractivity contribution in [2.24, 2.45) is 0 Å². The summed E-state index contributed by atoms with van der Waals surface area (Å²) in [5, 5.41) is 3.87. The van der Waals surface area contributed by atoms with Gasteiger partial charge in [0.2, 0.25) is 0 Å². The van der Waals surface area contributed by atoms with Gasteiger partial charge in [-0.3, -0.25) is 0 Å². The minimum atomic E-state index is 0.608. The summed E-state index contributed by atoms with van der Waals surface area (Å²) in [6, 6.07) is 13.2. The molecule has 0 saturated heterocycles. The van der Waals surface area contributed by atoms with Crippen LogP contribution in [0.5, 0.6) is 17.2 Å². The number of benzene rings is 2. The minimum Gasteiger partial charge on any atom is -0.497 e. The SMILES string of the molecule is CCNCc1ccc(Oc2ccc(OC)cc2)c(Cl)c1. The molecule has 2 rings (SSSR count). The van der Waals surface area contributed by atoms with Crippen LogP contribution in [0.15, 0.2) is 42.5 Å². The van der Waals surface area contributed by atoms with Gasteiger partial charge in [-0.05, 0) is 48.5 Å². The first-order valence-corrected chi connectivity index (χ1v) is 6.91. The molecule has 0 saturated carbocycles. The second-order valence-electron chi connectivity index (χ2n) is 4.32. The summed E-state index contributed by atoms with van der Waals surface area (Å²) in [4.78, 5) is 0. The van der Waals surface area contributed by atoms with Crippen LogP contribution in [0.25, 0.3) is 0 Å². The number of hydrogen-bond donors (Lipinski definition) is 1. The molecule has 2 aromatic carbocycles. The maximum Gasteiger partial charge on any atom is 0.146 e. The van der Waals surface area contributed by atoms with Crippen LogP contribution in [0.1, 0.15) is 12.5 Å². The third kappa shape index (κ3) is 3.89. The van der Waals surface area contributed by atoms with Gasteiger partial charge >= 0.3 is 0 Å². The number of ether oxygens (including phenoxy) is 2. The first-order valence-electron chi connectivity index (χ1n) is 6.54. The highest BCUT2D eigenvalue weighted by atomic mass is 35.5. The van der Waals surface area contributed by atoms with E-state index in [0.29, 0.717) is 10.8 Å². The van der Waals surface area contributed by atoms with E-state index in [1.165, 1.54) is 0 Å². The summed E-state index contributed by atoms with van der Waals surface area (Å²) in [5.74, 6) is 2.17. The molecule has 0 unspecified atom stereocenters. The molecule has 0 aliphatic rings. The Hall–Kier alpha value is -1.71. The van der Waals surface area contributed by atoms with Gasteiger partial charge in [0, 0.05) is 6.54 Å². The molecule has 4 heteroatoms. The Bertz CT molecular complexity index is 555. The average Bonchev–Trinajstić information content (AvgIpc) is 2.48. The fourth-order valence-electron chi connectivity index (χ4n) is 1.78. The predicted molar refractivity (Wildman–Crippen MR) is 81.9 cm³/mol. The molecular weight excluding hydrogens is 274 g/mol. The molecule has 2 aromatic rings. The molecule has 0 spiro atoms. The van der Waals surface area contributed by atoms with Crippen molar-refractivity contribution in [3.63, 3.8) is 0 Å². The van der Waals surface area contributed by atoms with Crippen molar-refractivity contribution >= 4 is 11.6 Å². The minimum absolute atomic E-state index is 0.608. The van der Waals surface area contributed by atoms with Crippen LogP contribution >= 0.6 is 11.6 Å². The second kappa shape index (κ2) is 7.17. The Morgan fingerprint density at radius 2 is 1.75 bits per heavy atom. The molecule has 1 N–H and O–H groups in total. The lowest BCUT2D eigenvalue weighted by molar-refractivity contribution is 0.413. The molecule has 0 fully saturated rings. The smallest absolute Gasteiger partial charge is 0.146 e. The van der Waals surface area contributed by atoms with Crippen LogP contribution in [-0.4, -0.2) is 13.7 Å². The van der Waals surface area contributed by atoms with Gasteiger partial charge in [0.15, 0.2) is 0 Å². The van der Waals surface area contributed by atoms with Crippen LogP contribution in [0.2, 0.25) is 5.02 Å². The van der Waals surface area contributed by atoms with Gasteiger partial charge in [-0.1, -0.05) is 24.6 Å². The van der Waals surface area contributed by atoms with Crippen LogP contribution in [0.3, 0.4) is 0 Å². The normalized spacial score (nSPS) is 10.3. The van der Waals surface area contributed by atoms with Crippen LogP contribution in [-0.2, 0) is 6.54 Å². The van der Waals surface area contributed by atoms with Gasteiger partial charge < -0.3 is 14.8 Å². The molecule has 0 aliphatic carbocycles. The molecule has 0 bridgehead atoms. The molecule has 0 heterocycles. The van der Waals surface area contributed by atoms with Crippen molar-refractivity contribution in [1.82, 2.24) is 5.32 Å². The predicted octanol–water partition coefficient (Wildman–Crippen LogP) is 4.25. The zero-order valence-electron chi connectivity index (χ0n) is 11.7. The summed E-state index contributed by atoms with van der Waals surface area (Å²) in [5.41, 5.74) is 1.14. The maximum atomic E-state index is 6.24. The van der Waals surface area contributed by atoms with Gasteiger partial charge in [0.1, 0.15) is 17.2 Å². The standard InChI is InChI=1S/C16H18ClNO2/c1-3-18-11-12-4-9-16(15(17)10-12)20-14-7-5-13(19-2)6-8-14/h4-10,18H,3,11H2,1-2H3. The highest BCUT2D eigenvalue weighted by Crippen LogP contribution is 2.30. The van der Waals surface area contributed by atoms with Crippen molar-refractivity contribution in [3.05, 3.63) is 53.1 Å². The molecule has 0 aliphatic heterocycles. The highest BCUT2D eigenvalue weighted by Gasteiger charge is 2.05. The Labute approximate surface area is 124 Å². The maximum absolute atomic E-state index is 6.24. The van der Waals surface area contributed by atoms with Gasteiger partial charge in [-0.2, -0.15) is 0 Å². The van der Waals surface area contributed by atoms with Gasteiger partial charge in [0.05, 0.1) is 12.1 Å². The Morgan fingerprint density at radius 1 is 1.05 bits per heavy atom. The molecule has 0 atom stereocenters. The third-order valence-corrected chi connectivity index (χ3v) is 3.16. The Kier molecular flexibility index (Phi) is 5.27. The molecule has 20 heavy (non-hydrogen) atoms. The van der Waals surface area contributed by atoms with E-state index in [0.717, 1.165) is 30.2 Å².